The van der Waals surface area contributed by atoms with Crippen LogP contribution in [0.4, 0.5) is 5.00 Å². The van der Waals surface area contributed by atoms with Gasteiger partial charge >= 0.3 is 4.34 Å². The first-order chi connectivity index (χ1) is 8.39. The molecule has 96 valence electrons. The molecule has 5 heteroatoms. The van der Waals surface area contributed by atoms with Crippen LogP contribution in [0.3, 0.4) is 0 Å². The van der Waals surface area contributed by atoms with Crippen LogP contribution in [-0.2, 0) is 11.2 Å². The molecule has 1 heterocycles. The normalized spacial score (nSPS) is 13.6. The number of aromatic nitrogens is 1. The molecule has 0 aliphatic carbocycles. The Labute approximate surface area is 114 Å². The fourth-order valence-corrected chi connectivity index (χ4v) is 4.08. The second-order valence-corrected chi connectivity index (χ2v) is 8.43. The van der Waals surface area contributed by atoms with Gasteiger partial charge in [0.15, 0.2) is 4.75 Å². The Balaban J connectivity index is 2.40. The molecule has 18 heavy (non-hydrogen) atoms. The third-order valence-corrected chi connectivity index (χ3v) is 5.41. The van der Waals surface area contributed by atoms with Crippen molar-refractivity contribution in [2.24, 2.45) is 0 Å². The number of nitrogen functional groups attached to an aromatic ring is 1. The highest BCUT2D eigenvalue weighted by atomic mass is 32.2. The van der Waals surface area contributed by atoms with Crippen LogP contribution in [0.25, 0.3) is 11.3 Å². The van der Waals surface area contributed by atoms with Gasteiger partial charge in [-0.25, -0.2) is 0 Å². The van der Waals surface area contributed by atoms with E-state index in [4.69, 9.17) is 5.73 Å². The van der Waals surface area contributed by atoms with Crippen molar-refractivity contribution in [1.82, 2.24) is 4.98 Å². The van der Waals surface area contributed by atoms with Gasteiger partial charge in [0.25, 0.3) is 0 Å². The molecule has 2 rings (SSSR count). The first-order valence-corrected chi connectivity index (χ1v) is 7.64. The topological polar surface area (TPSA) is 59.1 Å². The van der Waals surface area contributed by atoms with Crippen molar-refractivity contribution >= 4 is 27.5 Å². The summed E-state index contributed by atoms with van der Waals surface area (Å²) in [6, 6.07) is 9.81. The monoisotopic (exact) mass is 281 g/mol. The maximum Gasteiger partial charge on any atom is 0.341 e. The van der Waals surface area contributed by atoms with Gasteiger partial charge in [-0.15, -0.1) is 0 Å². The summed E-state index contributed by atoms with van der Waals surface area (Å²) >= 11 is 0.487. The van der Waals surface area contributed by atoms with Gasteiger partial charge in [0.05, 0.1) is 0 Å². The molecule has 0 spiro atoms. The fourth-order valence-electron chi connectivity index (χ4n) is 1.46. The number of hydrogen-bond donors (Lipinski definition) is 2. The molecule has 0 bridgehead atoms. The minimum absolute atomic E-state index is 0.210. The van der Waals surface area contributed by atoms with Gasteiger partial charge in [0.2, 0.25) is 11.2 Å². The predicted octanol–water partition coefficient (Wildman–Crippen LogP) is 3.64. The lowest BCUT2D eigenvalue weighted by molar-refractivity contribution is 0.593. The van der Waals surface area contributed by atoms with E-state index in [1.807, 2.05) is 51.1 Å². The molecule has 1 aromatic heterocycles. The minimum Gasteiger partial charge on any atom is -0.389 e. The van der Waals surface area contributed by atoms with Crippen molar-refractivity contribution < 1.29 is 4.55 Å². The quantitative estimate of drug-likeness (QED) is 0.826. The van der Waals surface area contributed by atoms with E-state index < -0.39 is 11.2 Å². The molecule has 2 aromatic rings. The smallest absolute Gasteiger partial charge is 0.341 e. The molecule has 0 saturated heterocycles. The lowest BCUT2D eigenvalue weighted by atomic mass is 10.2. The van der Waals surface area contributed by atoms with Crippen LogP contribution in [0.1, 0.15) is 20.8 Å². The summed E-state index contributed by atoms with van der Waals surface area (Å²) in [4.78, 5) is 4.50. The predicted molar refractivity (Wildman–Crippen MR) is 80.0 cm³/mol. The molecule has 1 atom stereocenters. The molecular formula is C13H17N2OS2+. The van der Waals surface area contributed by atoms with E-state index in [0.717, 1.165) is 11.3 Å². The van der Waals surface area contributed by atoms with E-state index in [9.17, 15) is 4.55 Å². The van der Waals surface area contributed by atoms with Gasteiger partial charge in [-0.2, -0.15) is 9.54 Å². The zero-order valence-electron chi connectivity index (χ0n) is 10.7. The third-order valence-electron chi connectivity index (χ3n) is 2.43. The summed E-state index contributed by atoms with van der Waals surface area (Å²) in [7, 11) is 0. The molecule has 0 aliphatic heterocycles. The number of nitrogens with zero attached hydrogens (tertiary/aromatic N) is 1. The Morgan fingerprint density at radius 2 is 1.83 bits per heavy atom. The summed E-state index contributed by atoms with van der Waals surface area (Å²) in [5.74, 6) is 0. The number of thiazole rings is 1. The van der Waals surface area contributed by atoms with Crippen LogP contribution in [0.5, 0.6) is 0 Å². The van der Waals surface area contributed by atoms with E-state index in [2.05, 4.69) is 4.98 Å². The number of nitrogens with two attached hydrogens (primary N) is 1. The number of rotatable bonds is 2. The lowest BCUT2D eigenvalue weighted by Crippen LogP contribution is -2.27. The molecule has 0 fully saturated rings. The highest BCUT2D eigenvalue weighted by molar-refractivity contribution is 7.94. The molecule has 0 saturated carbocycles. The van der Waals surface area contributed by atoms with E-state index in [-0.39, 0.29) is 4.75 Å². The van der Waals surface area contributed by atoms with E-state index in [1.54, 1.807) is 0 Å². The van der Waals surface area contributed by atoms with Crippen LogP contribution in [-0.4, -0.2) is 14.3 Å². The summed E-state index contributed by atoms with van der Waals surface area (Å²) in [6.45, 7) is 5.99. The zero-order valence-corrected chi connectivity index (χ0v) is 12.3. The molecule has 1 unspecified atom stereocenters. The molecular weight excluding hydrogens is 264 g/mol. The average Bonchev–Trinajstić information content (AvgIpc) is 2.70. The average molecular weight is 281 g/mol. The van der Waals surface area contributed by atoms with Crippen LogP contribution >= 0.6 is 11.3 Å². The fraction of sp³-hybridized carbons (Fsp3) is 0.308. The second-order valence-electron chi connectivity index (χ2n) is 4.96. The van der Waals surface area contributed by atoms with Gasteiger partial charge in [0.1, 0.15) is 10.7 Å². The van der Waals surface area contributed by atoms with Crippen LogP contribution in [0.2, 0.25) is 0 Å². The van der Waals surface area contributed by atoms with Crippen molar-refractivity contribution in [1.29, 1.82) is 0 Å². The molecule has 3 nitrogen and oxygen atoms in total. The summed E-state index contributed by atoms with van der Waals surface area (Å²) < 4.78 is 10.8. The van der Waals surface area contributed by atoms with Gasteiger partial charge in [-0.3, -0.25) is 0 Å². The summed E-state index contributed by atoms with van der Waals surface area (Å²) in [5, 5.41) is 0.659. The second kappa shape index (κ2) is 4.91. The van der Waals surface area contributed by atoms with Crippen molar-refractivity contribution in [2.45, 2.75) is 29.9 Å². The van der Waals surface area contributed by atoms with Crippen LogP contribution < -0.4 is 5.73 Å². The van der Waals surface area contributed by atoms with Crippen molar-refractivity contribution in [3.8, 4) is 11.3 Å². The zero-order chi connectivity index (χ0) is 13.3. The van der Waals surface area contributed by atoms with Gasteiger partial charge in [-0.1, -0.05) is 30.3 Å². The van der Waals surface area contributed by atoms with Crippen LogP contribution in [0, 0.1) is 0 Å². The van der Waals surface area contributed by atoms with E-state index in [1.165, 1.54) is 11.3 Å². The Bertz CT molecular complexity index is 532. The first-order valence-electron chi connectivity index (χ1n) is 5.65. The van der Waals surface area contributed by atoms with Crippen LogP contribution in [0.15, 0.2) is 34.7 Å². The van der Waals surface area contributed by atoms with Gasteiger partial charge in [0, 0.05) is 5.56 Å². The number of anilines is 1. The van der Waals surface area contributed by atoms with Crippen molar-refractivity contribution in [3.05, 3.63) is 30.3 Å². The Morgan fingerprint density at radius 1 is 1.22 bits per heavy atom. The summed E-state index contributed by atoms with van der Waals surface area (Å²) in [6.07, 6.45) is 0. The van der Waals surface area contributed by atoms with E-state index in [0.29, 0.717) is 9.34 Å². The van der Waals surface area contributed by atoms with Crippen molar-refractivity contribution in [3.63, 3.8) is 0 Å². The Hall–Kier alpha value is -1.04. The highest BCUT2D eigenvalue weighted by Crippen LogP contribution is 2.36. The first kappa shape index (κ1) is 13.4. The summed E-state index contributed by atoms with van der Waals surface area (Å²) in [5.41, 5.74) is 7.76. The van der Waals surface area contributed by atoms with Gasteiger partial charge < -0.3 is 5.73 Å². The largest absolute Gasteiger partial charge is 0.389 e. The molecule has 3 N–H and O–H groups in total. The van der Waals surface area contributed by atoms with Crippen molar-refractivity contribution in [2.75, 3.05) is 5.73 Å². The number of hydrogen-bond acceptors (Lipinski definition) is 4. The SMILES string of the molecule is CC(C)(C)[S+](O)c1nc(-c2ccccc2)c(N)s1. The maximum absolute atomic E-state index is 10.3. The lowest BCUT2D eigenvalue weighted by Gasteiger charge is -2.10. The molecule has 0 radical (unpaired) electrons. The number of benzene rings is 1. The Kier molecular flexibility index (Phi) is 3.66. The standard InChI is InChI=1S/C13H17N2OS2/c1-13(2,3)18(16)12-15-10(11(14)17-12)9-7-5-4-6-8-9/h4-8,16H,14H2,1-3H3/q+1. The maximum atomic E-state index is 10.3. The van der Waals surface area contributed by atoms with E-state index >= 15 is 0 Å². The molecule has 1 aromatic carbocycles. The molecule has 0 amide bonds. The van der Waals surface area contributed by atoms with Gasteiger partial charge in [-0.05, 0) is 32.1 Å². The highest BCUT2D eigenvalue weighted by Gasteiger charge is 2.40. The minimum atomic E-state index is -0.887. The molecule has 0 aliphatic rings. The Morgan fingerprint density at radius 3 is 2.39 bits per heavy atom. The third kappa shape index (κ3) is 2.68.